The lowest BCUT2D eigenvalue weighted by Gasteiger charge is -2.53. The second kappa shape index (κ2) is 5.31. The number of rotatable bonds is 0. The number of halogens is 1. The second-order valence-corrected chi connectivity index (χ2v) is 6.05. The Morgan fingerprint density at radius 2 is 2.05 bits per heavy atom. The van der Waals surface area contributed by atoms with Gasteiger partial charge in [0.25, 0.3) is 0 Å². The highest BCUT2D eigenvalue weighted by atomic mass is 35.5. The molecule has 1 aliphatic heterocycles. The molecule has 3 nitrogen and oxygen atoms in total. The first-order valence-electron chi connectivity index (χ1n) is 6.55. The Morgan fingerprint density at radius 1 is 1.37 bits per heavy atom. The van der Waals surface area contributed by atoms with Gasteiger partial charge >= 0.3 is 0 Å². The summed E-state index contributed by atoms with van der Waals surface area (Å²) in [6.45, 7) is 5.91. The Labute approximate surface area is 121 Å². The van der Waals surface area contributed by atoms with E-state index in [1.54, 1.807) is 0 Å². The summed E-state index contributed by atoms with van der Waals surface area (Å²) >= 11 is 0. The standard InChI is InChI=1S/C15H21NO.ClH.H2O/c1-10-14-8-11-4-5-12(17)9-13(11)15(10,2)6-7-16(14)3;;/h4-5,9-10,14,17H,6-8H2,1-3H3;1H;1H2/t10-,14+,15+;;/m0../s1. The smallest absolute Gasteiger partial charge is 0.115 e. The van der Waals surface area contributed by atoms with Crippen molar-refractivity contribution >= 4 is 12.4 Å². The summed E-state index contributed by atoms with van der Waals surface area (Å²) in [6.07, 6.45) is 2.32. The van der Waals surface area contributed by atoms with Gasteiger partial charge in [0.05, 0.1) is 0 Å². The van der Waals surface area contributed by atoms with Crippen molar-refractivity contribution in [2.45, 2.75) is 38.1 Å². The summed E-state index contributed by atoms with van der Waals surface area (Å²) < 4.78 is 0. The molecule has 3 rings (SSSR count). The highest BCUT2D eigenvalue weighted by molar-refractivity contribution is 5.85. The zero-order valence-electron chi connectivity index (χ0n) is 11.8. The first-order valence-corrected chi connectivity index (χ1v) is 6.55. The van der Waals surface area contributed by atoms with E-state index in [-0.39, 0.29) is 23.3 Å². The molecule has 1 fully saturated rings. The Kier molecular flexibility index (Phi) is 4.55. The van der Waals surface area contributed by atoms with Crippen LogP contribution < -0.4 is 0 Å². The number of likely N-dealkylation sites (tertiary alicyclic amines) is 1. The van der Waals surface area contributed by atoms with E-state index in [0.717, 1.165) is 6.42 Å². The lowest BCUT2D eigenvalue weighted by atomic mass is 9.59. The van der Waals surface area contributed by atoms with E-state index in [1.165, 1.54) is 24.1 Å². The van der Waals surface area contributed by atoms with Crippen LogP contribution in [0.5, 0.6) is 5.75 Å². The third-order valence-corrected chi connectivity index (χ3v) is 5.27. The monoisotopic (exact) mass is 285 g/mol. The van der Waals surface area contributed by atoms with E-state index in [2.05, 4.69) is 31.9 Å². The molecule has 0 amide bonds. The molecule has 108 valence electrons. The molecule has 0 spiro atoms. The zero-order valence-corrected chi connectivity index (χ0v) is 12.6. The number of hydrogen-bond acceptors (Lipinski definition) is 2. The predicted octanol–water partition coefficient (Wildman–Crippen LogP) is 2.14. The SMILES string of the molecule is C[C@H]1[C@H]2Cc3ccc(O)cc3[C@]1(C)CCN2C.Cl.O. The van der Waals surface area contributed by atoms with Gasteiger partial charge < -0.3 is 15.5 Å². The number of likely N-dealkylation sites (N-methyl/N-ethyl adjacent to an activating group) is 1. The highest BCUT2D eigenvalue weighted by Crippen LogP contribution is 2.48. The average molecular weight is 286 g/mol. The first-order chi connectivity index (χ1) is 8.02. The van der Waals surface area contributed by atoms with Gasteiger partial charge in [0.15, 0.2) is 0 Å². The molecule has 1 heterocycles. The van der Waals surface area contributed by atoms with Crippen molar-refractivity contribution in [3.63, 3.8) is 0 Å². The Bertz CT molecular complexity index is 465. The molecule has 1 aliphatic carbocycles. The van der Waals surface area contributed by atoms with Gasteiger partial charge in [-0.05, 0) is 61.0 Å². The number of piperidine rings is 1. The van der Waals surface area contributed by atoms with E-state index in [9.17, 15) is 5.11 Å². The van der Waals surface area contributed by atoms with Crippen molar-refractivity contribution < 1.29 is 10.6 Å². The minimum Gasteiger partial charge on any atom is -0.508 e. The topological polar surface area (TPSA) is 55.0 Å². The number of phenols is 1. The molecule has 2 aliphatic rings. The third kappa shape index (κ3) is 2.24. The van der Waals surface area contributed by atoms with Crippen LogP contribution in [-0.2, 0) is 11.8 Å². The van der Waals surface area contributed by atoms with E-state index in [0.29, 0.717) is 17.7 Å². The average Bonchev–Trinajstić information content (AvgIpc) is 2.30. The molecule has 0 aromatic heterocycles. The van der Waals surface area contributed by atoms with Crippen molar-refractivity contribution in [2.24, 2.45) is 5.92 Å². The van der Waals surface area contributed by atoms with Crippen molar-refractivity contribution in [3.05, 3.63) is 29.3 Å². The van der Waals surface area contributed by atoms with Crippen LogP contribution in [0.3, 0.4) is 0 Å². The number of aromatic hydroxyl groups is 1. The van der Waals surface area contributed by atoms with Crippen LogP contribution in [0.1, 0.15) is 31.4 Å². The van der Waals surface area contributed by atoms with Crippen LogP contribution in [0.2, 0.25) is 0 Å². The zero-order chi connectivity index (χ0) is 12.2. The maximum Gasteiger partial charge on any atom is 0.115 e. The Morgan fingerprint density at radius 3 is 2.74 bits per heavy atom. The lowest BCUT2D eigenvalue weighted by Crippen LogP contribution is -2.56. The molecule has 1 aromatic carbocycles. The number of benzene rings is 1. The largest absolute Gasteiger partial charge is 0.508 e. The summed E-state index contributed by atoms with van der Waals surface area (Å²) in [4.78, 5) is 2.50. The fourth-order valence-electron chi connectivity index (χ4n) is 3.82. The van der Waals surface area contributed by atoms with Crippen LogP contribution in [0.25, 0.3) is 0 Å². The fourth-order valence-corrected chi connectivity index (χ4v) is 3.82. The van der Waals surface area contributed by atoms with E-state index in [4.69, 9.17) is 0 Å². The number of hydrogen-bond donors (Lipinski definition) is 1. The van der Waals surface area contributed by atoms with Gasteiger partial charge in [-0.15, -0.1) is 12.4 Å². The van der Waals surface area contributed by atoms with E-state index >= 15 is 0 Å². The van der Waals surface area contributed by atoms with E-state index in [1.807, 2.05) is 12.1 Å². The first kappa shape index (κ1) is 16.3. The molecule has 19 heavy (non-hydrogen) atoms. The molecule has 0 saturated carbocycles. The molecule has 2 bridgehead atoms. The van der Waals surface area contributed by atoms with Gasteiger partial charge in [0, 0.05) is 6.04 Å². The maximum absolute atomic E-state index is 9.73. The predicted molar refractivity (Wildman–Crippen MR) is 80.2 cm³/mol. The molecular weight excluding hydrogens is 262 g/mol. The van der Waals surface area contributed by atoms with Crippen molar-refractivity contribution in [1.29, 1.82) is 0 Å². The molecular formula is C15H24ClNO2. The molecule has 4 heteroatoms. The van der Waals surface area contributed by atoms with Gasteiger partial charge in [0.2, 0.25) is 0 Å². The molecule has 3 atom stereocenters. The van der Waals surface area contributed by atoms with Crippen molar-refractivity contribution in [2.75, 3.05) is 13.6 Å². The van der Waals surface area contributed by atoms with E-state index < -0.39 is 0 Å². The van der Waals surface area contributed by atoms with Crippen LogP contribution in [0.15, 0.2) is 18.2 Å². The van der Waals surface area contributed by atoms with Crippen LogP contribution in [-0.4, -0.2) is 35.1 Å². The lowest BCUT2D eigenvalue weighted by molar-refractivity contribution is 0.0506. The van der Waals surface area contributed by atoms with Gasteiger partial charge in [-0.1, -0.05) is 19.9 Å². The minimum atomic E-state index is 0. The maximum atomic E-state index is 9.73. The summed E-state index contributed by atoms with van der Waals surface area (Å²) in [5.74, 6) is 1.07. The number of nitrogens with zero attached hydrogens (tertiary/aromatic N) is 1. The van der Waals surface area contributed by atoms with Gasteiger partial charge in [-0.2, -0.15) is 0 Å². The molecule has 3 N–H and O–H groups in total. The van der Waals surface area contributed by atoms with Crippen LogP contribution in [0, 0.1) is 5.92 Å². The molecule has 1 saturated heterocycles. The van der Waals surface area contributed by atoms with Gasteiger partial charge in [0.1, 0.15) is 5.75 Å². The van der Waals surface area contributed by atoms with Gasteiger partial charge in [-0.25, -0.2) is 0 Å². The van der Waals surface area contributed by atoms with Crippen LogP contribution in [0.4, 0.5) is 0 Å². The summed E-state index contributed by atoms with van der Waals surface area (Å²) in [5.41, 5.74) is 3.05. The van der Waals surface area contributed by atoms with Crippen molar-refractivity contribution in [1.82, 2.24) is 4.90 Å². The Balaban J connectivity index is 0.000000902. The number of fused-ring (bicyclic) bond motifs is 4. The second-order valence-electron chi connectivity index (χ2n) is 6.05. The summed E-state index contributed by atoms with van der Waals surface area (Å²) in [6, 6.07) is 6.59. The molecule has 1 aromatic rings. The fraction of sp³-hybridized carbons (Fsp3) is 0.600. The summed E-state index contributed by atoms with van der Waals surface area (Å²) in [5, 5.41) is 9.73. The molecule has 0 unspecified atom stereocenters. The molecule has 0 radical (unpaired) electrons. The number of phenolic OH excluding ortho intramolecular Hbond substituents is 1. The van der Waals surface area contributed by atoms with Crippen molar-refractivity contribution in [3.8, 4) is 5.75 Å². The van der Waals surface area contributed by atoms with Crippen LogP contribution >= 0.6 is 12.4 Å². The summed E-state index contributed by atoms with van der Waals surface area (Å²) in [7, 11) is 2.24. The van der Waals surface area contributed by atoms with Gasteiger partial charge in [-0.3, -0.25) is 0 Å². The Hall–Kier alpha value is -0.770. The normalized spacial score (nSPS) is 32.8. The third-order valence-electron chi connectivity index (χ3n) is 5.27. The highest BCUT2D eigenvalue weighted by Gasteiger charge is 2.47. The quantitative estimate of drug-likeness (QED) is 0.794. The minimum absolute atomic E-state index is 0.